The molecule has 4 aliphatic rings. The monoisotopic (exact) mass is 585 g/mol. The Morgan fingerprint density at radius 1 is 1.16 bits per heavy atom. The van der Waals surface area contributed by atoms with Crippen LogP contribution in [0.15, 0.2) is 47.3 Å². The summed E-state index contributed by atoms with van der Waals surface area (Å²) in [5, 5.41) is 19.3. The van der Waals surface area contributed by atoms with Gasteiger partial charge in [0.15, 0.2) is 6.61 Å². The Morgan fingerprint density at radius 3 is 2.74 bits per heavy atom. The topological polar surface area (TPSA) is 113 Å². The van der Waals surface area contributed by atoms with E-state index < -0.39 is 23.5 Å². The van der Waals surface area contributed by atoms with Crippen molar-refractivity contribution in [1.29, 1.82) is 0 Å². The largest absolute Gasteiger partial charge is 0.467 e. The second kappa shape index (κ2) is 11.2. The van der Waals surface area contributed by atoms with Gasteiger partial charge in [-0.1, -0.05) is 48.7 Å². The minimum absolute atomic E-state index is 0.105. The Morgan fingerprint density at radius 2 is 1.95 bits per heavy atom. The van der Waals surface area contributed by atoms with E-state index in [1.165, 1.54) is 12.7 Å². The lowest BCUT2D eigenvalue weighted by molar-refractivity contribution is -0.145. The molecule has 0 saturated heterocycles. The van der Waals surface area contributed by atoms with E-state index in [0.717, 1.165) is 67.1 Å². The third kappa shape index (κ3) is 4.96. The molecule has 43 heavy (non-hydrogen) atoms. The highest BCUT2D eigenvalue weighted by atomic mass is 16.6. The average molecular weight is 586 g/mol. The van der Waals surface area contributed by atoms with Gasteiger partial charge in [0.05, 0.1) is 12.8 Å². The van der Waals surface area contributed by atoms with Crippen molar-refractivity contribution in [3.05, 3.63) is 47.7 Å². The number of fused-ring (bicyclic) bond motifs is 6. The van der Waals surface area contributed by atoms with Gasteiger partial charge in [-0.3, -0.25) is 4.79 Å². The van der Waals surface area contributed by atoms with E-state index in [1.54, 1.807) is 0 Å². The molecule has 0 radical (unpaired) electrons. The summed E-state index contributed by atoms with van der Waals surface area (Å²) in [7, 11) is 1.31. The van der Waals surface area contributed by atoms with Gasteiger partial charge in [0, 0.05) is 28.9 Å². The number of carbonyl (C=O) groups excluding carboxylic acids is 2. The number of aromatic nitrogens is 1. The zero-order chi connectivity index (χ0) is 30.4. The van der Waals surface area contributed by atoms with E-state index in [0.29, 0.717) is 30.6 Å². The van der Waals surface area contributed by atoms with Gasteiger partial charge in [0.2, 0.25) is 0 Å². The van der Waals surface area contributed by atoms with Crippen LogP contribution in [0.2, 0.25) is 0 Å². The summed E-state index contributed by atoms with van der Waals surface area (Å²) < 4.78 is 4.95. The van der Waals surface area contributed by atoms with Gasteiger partial charge in [-0.15, -0.1) is 6.42 Å². The number of aromatic amines is 1. The molecule has 3 N–H and O–H groups in total. The van der Waals surface area contributed by atoms with E-state index in [-0.39, 0.29) is 17.4 Å². The number of nitrogens with zero attached hydrogens (tertiary/aromatic N) is 1. The van der Waals surface area contributed by atoms with Crippen LogP contribution in [0.3, 0.4) is 0 Å². The summed E-state index contributed by atoms with van der Waals surface area (Å²) in [5.74, 6) is 3.45. The third-order valence-corrected chi connectivity index (χ3v) is 11.7. The van der Waals surface area contributed by atoms with Crippen molar-refractivity contribution < 1.29 is 24.3 Å². The van der Waals surface area contributed by atoms with Crippen LogP contribution in [0.25, 0.3) is 10.9 Å². The number of hydrogen-bond donors (Lipinski definition) is 3. The molecule has 1 heterocycles. The van der Waals surface area contributed by atoms with E-state index in [4.69, 9.17) is 16.0 Å². The van der Waals surface area contributed by atoms with Gasteiger partial charge in [-0.25, -0.2) is 4.79 Å². The quantitative estimate of drug-likeness (QED) is 0.239. The van der Waals surface area contributed by atoms with Crippen molar-refractivity contribution in [2.45, 2.75) is 83.3 Å². The molecule has 0 aliphatic heterocycles. The summed E-state index contributed by atoms with van der Waals surface area (Å²) in [5.41, 5.74) is 3.08. The van der Waals surface area contributed by atoms with Gasteiger partial charge in [0.1, 0.15) is 11.6 Å². The number of para-hydroxylation sites is 1. The Balaban J connectivity index is 1.08. The van der Waals surface area contributed by atoms with Crippen molar-refractivity contribution in [1.82, 2.24) is 10.3 Å². The molecule has 0 unspecified atom stereocenters. The molecule has 7 atom stereocenters. The number of carbonyl (C=O) groups is 2. The van der Waals surface area contributed by atoms with Gasteiger partial charge < -0.3 is 25.0 Å². The number of aliphatic hydroxyl groups is 1. The maximum absolute atomic E-state index is 12.8. The van der Waals surface area contributed by atoms with E-state index in [1.807, 2.05) is 30.5 Å². The highest BCUT2D eigenvalue weighted by Crippen LogP contribution is 2.67. The molecule has 3 fully saturated rings. The van der Waals surface area contributed by atoms with Gasteiger partial charge in [-0.2, -0.15) is 0 Å². The molecule has 8 nitrogen and oxygen atoms in total. The Hall–Kier alpha value is -3.57. The first-order valence-corrected chi connectivity index (χ1v) is 15.6. The number of methoxy groups -OCH3 is 1. The maximum Gasteiger partial charge on any atom is 0.328 e. The van der Waals surface area contributed by atoms with Crippen molar-refractivity contribution >= 4 is 28.5 Å². The first-order chi connectivity index (χ1) is 20.6. The lowest BCUT2D eigenvalue weighted by atomic mass is 9.46. The van der Waals surface area contributed by atoms with Crippen molar-refractivity contribution in [2.24, 2.45) is 33.7 Å². The first-order valence-electron chi connectivity index (χ1n) is 15.6. The lowest BCUT2D eigenvalue weighted by Gasteiger charge is -2.58. The average Bonchev–Trinajstić information content (AvgIpc) is 3.54. The molecule has 1 amide bonds. The van der Waals surface area contributed by atoms with Gasteiger partial charge in [0.25, 0.3) is 5.91 Å². The zero-order valence-corrected chi connectivity index (χ0v) is 25.4. The fourth-order valence-electron chi connectivity index (χ4n) is 9.16. The molecule has 4 aliphatic carbocycles. The van der Waals surface area contributed by atoms with Crippen molar-refractivity contribution in [3.63, 3.8) is 0 Å². The molecule has 0 spiro atoms. The van der Waals surface area contributed by atoms with Crippen LogP contribution in [0.1, 0.15) is 70.8 Å². The predicted molar refractivity (Wildman–Crippen MR) is 165 cm³/mol. The normalized spacial score (nSPS) is 34.7. The van der Waals surface area contributed by atoms with Crippen LogP contribution in [0.5, 0.6) is 0 Å². The summed E-state index contributed by atoms with van der Waals surface area (Å²) in [4.78, 5) is 33.9. The minimum atomic E-state index is -0.983. The van der Waals surface area contributed by atoms with Crippen LogP contribution in [0, 0.1) is 40.9 Å². The molecule has 0 bridgehead atoms. The number of allylic oxidation sites excluding steroid dienone is 2. The first kappa shape index (κ1) is 29.5. The second-order valence-electron chi connectivity index (χ2n) is 13.6. The molecule has 228 valence electrons. The standard InChI is InChI=1S/C35H43N3O5/c1-5-35(41)17-14-28-26-11-10-23-19-24(12-15-33(23,2)27(26)13-16-34(28,35)3)38-43-21-31(39)37-30(32(40)42-4)18-22-20-36-29-9-7-6-8-25(22)29/h1,6-9,19-20,26-28,30,36,41H,10-18,21H2,2-4H3,(H,37,39)/b38-24-/t26-,27+,28+,30+,33-,34+,35-/m0/s1. The van der Waals surface area contributed by atoms with E-state index in [2.05, 4.69) is 41.3 Å². The van der Waals surface area contributed by atoms with E-state index in [9.17, 15) is 14.7 Å². The highest BCUT2D eigenvalue weighted by Gasteiger charge is 2.63. The van der Waals surface area contributed by atoms with Gasteiger partial charge in [-0.05, 0) is 92.2 Å². The number of H-pyrrole nitrogens is 1. The molecule has 2 aromatic rings. The number of hydrogen-bond acceptors (Lipinski definition) is 6. The molecule has 3 saturated carbocycles. The molecule has 1 aromatic carbocycles. The number of terminal acetylenes is 1. The van der Waals surface area contributed by atoms with Crippen molar-refractivity contribution in [2.75, 3.05) is 13.7 Å². The maximum atomic E-state index is 12.8. The predicted octanol–water partition coefficient (Wildman–Crippen LogP) is 5.07. The number of benzene rings is 1. The van der Waals surface area contributed by atoms with E-state index >= 15 is 0 Å². The Kier molecular flexibility index (Phi) is 7.66. The van der Waals surface area contributed by atoms with Crippen LogP contribution in [-0.2, 0) is 25.6 Å². The number of amides is 1. The second-order valence-corrected chi connectivity index (χ2v) is 13.6. The zero-order valence-electron chi connectivity index (χ0n) is 25.4. The third-order valence-electron chi connectivity index (χ3n) is 11.7. The number of ether oxygens (including phenoxy) is 1. The van der Waals surface area contributed by atoms with Gasteiger partial charge >= 0.3 is 5.97 Å². The summed E-state index contributed by atoms with van der Waals surface area (Å²) in [6.07, 6.45) is 17.8. The fourth-order valence-corrected chi connectivity index (χ4v) is 9.16. The molecule has 1 aromatic heterocycles. The number of rotatable bonds is 7. The van der Waals surface area contributed by atoms with Crippen LogP contribution in [0.4, 0.5) is 0 Å². The van der Waals surface area contributed by atoms with Crippen LogP contribution < -0.4 is 5.32 Å². The summed E-state index contributed by atoms with van der Waals surface area (Å²) in [6.45, 7) is 4.35. The minimum Gasteiger partial charge on any atom is -0.467 e. The lowest BCUT2D eigenvalue weighted by Crippen LogP contribution is -2.54. The molecular formula is C35H43N3O5. The van der Waals surface area contributed by atoms with Crippen LogP contribution in [-0.4, -0.2) is 53.0 Å². The summed E-state index contributed by atoms with van der Waals surface area (Å²) >= 11 is 0. The Bertz CT molecular complexity index is 1520. The molecular weight excluding hydrogens is 542 g/mol. The number of oxime groups is 1. The number of esters is 1. The smallest absolute Gasteiger partial charge is 0.328 e. The molecule has 8 heteroatoms. The van der Waals surface area contributed by atoms with Crippen molar-refractivity contribution in [3.8, 4) is 12.3 Å². The van der Waals surface area contributed by atoms with Crippen LogP contribution >= 0.6 is 0 Å². The Labute approximate surface area is 253 Å². The SMILES string of the molecule is C#C[C@]1(O)CC[C@@H]2[C@H]3CCC4=C/C(=N\OCC(=O)N[C@H](Cc5c[nH]c6ccccc56)C(=O)OC)CC[C@]4(C)[C@@H]3CC[C@]21C. The fraction of sp³-hybridized carbons (Fsp3) is 0.571. The summed E-state index contributed by atoms with van der Waals surface area (Å²) in [6, 6.07) is 6.98. The number of nitrogens with one attached hydrogen (secondary N) is 2. The molecule has 6 rings (SSSR count). The highest BCUT2D eigenvalue weighted by molar-refractivity contribution is 5.96.